The molecule has 0 radical (unpaired) electrons. The predicted molar refractivity (Wildman–Crippen MR) is 109 cm³/mol. The summed E-state index contributed by atoms with van der Waals surface area (Å²) >= 11 is 0. The lowest BCUT2D eigenvalue weighted by atomic mass is 10.0. The molecule has 1 aromatic carbocycles. The summed E-state index contributed by atoms with van der Waals surface area (Å²) in [7, 11) is 0. The van der Waals surface area contributed by atoms with Gasteiger partial charge < -0.3 is 0 Å². The van der Waals surface area contributed by atoms with Crippen molar-refractivity contribution in [3.63, 3.8) is 0 Å². The van der Waals surface area contributed by atoms with E-state index in [2.05, 4.69) is 72.7 Å². The van der Waals surface area contributed by atoms with E-state index in [-0.39, 0.29) is 29.7 Å². The van der Waals surface area contributed by atoms with E-state index in [0.717, 1.165) is 18.8 Å². The van der Waals surface area contributed by atoms with Crippen molar-refractivity contribution in [2.45, 2.75) is 97.4 Å². The fraction of sp³-hybridized carbons (Fsp3) is 0.714. The van der Waals surface area contributed by atoms with Crippen molar-refractivity contribution in [3.05, 3.63) is 35.4 Å². The number of rotatable bonds is 2. The second-order valence-corrected chi connectivity index (χ2v) is 4.91. The van der Waals surface area contributed by atoms with Crippen LogP contribution in [0.4, 0.5) is 0 Å². The molecule has 0 aliphatic carbocycles. The van der Waals surface area contributed by atoms with Gasteiger partial charge in [0.15, 0.2) is 0 Å². The van der Waals surface area contributed by atoms with Crippen LogP contribution in [0.15, 0.2) is 24.3 Å². The van der Waals surface area contributed by atoms with Gasteiger partial charge in [0, 0.05) is 0 Å². The molecule has 0 spiro atoms. The van der Waals surface area contributed by atoms with Crippen LogP contribution in [-0.2, 0) is 12.8 Å². The smallest absolute Gasteiger partial charge is 0.0305 e. The van der Waals surface area contributed by atoms with E-state index in [4.69, 9.17) is 0 Å². The van der Waals surface area contributed by atoms with Crippen molar-refractivity contribution in [3.8, 4) is 0 Å². The minimum Gasteiger partial charge on any atom is -0.0776 e. The summed E-state index contributed by atoms with van der Waals surface area (Å²) in [6.45, 7) is 15.2. The Balaban J connectivity index is -0.0000000449. The molecule has 0 nitrogen and oxygen atoms in total. The van der Waals surface area contributed by atoms with Crippen LogP contribution in [0.5, 0.6) is 0 Å². The number of hydrogen-bond acceptors (Lipinski definition) is 0. The van der Waals surface area contributed by atoms with Gasteiger partial charge in [-0.2, -0.15) is 0 Å². The summed E-state index contributed by atoms with van der Waals surface area (Å²) < 4.78 is 0. The first kappa shape index (κ1) is 36.9. The van der Waals surface area contributed by atoms with Gasteiger partial charge in [0.05, 0.1) is 0 Å². The largest absolute Gasteiger partial charge is 0.0776 e. The molecule has 1 aromatic rings. The molecule has 21 heavy (non-hydrogen) atoms. The predicted octanol–water partition coefficient (Wildman–Crippen LogP) is 8.43. The van der Waals surface area contributed by atoms with E-state index < -0.39 is 0 Å². The normalized spacial score (nSPS) is 7.24. The summed E-state index contributed by atoms with van der Waals surface area (Å²) in [6, 6.07) is 8.63. The molecule has 0 heterocycles. The quantitative estimate of drug-likeness (QED) is 0.514. The first-order valence-corrected chi connectivity index (χ1v) is 7.09. The fourth-order valence-electron chi connectivity index (χ4n) is 1.25. The van der Waals surface area contributed by atoms with Crippen molar-refractivity contribution in [1.29, 1.82) is 0 Å². The molecule has 0 atom stereocenters. The van der Waals surface area contributed by atoms with Crippen molar-refractivity contribution in [2.75, 3.05) is 0 Å². The highest BCUT2D eigenvalue weighted by atomic mass is 14.0. The Morgan fingerprint density at radius 2 is 0.857 bits per heavy atom. The molecule has 0 saturated heterocycles. The molecular weight excluding hydrogens is 252 g/mol. The molecule has 0 aliphatic heterocycles. The minimum atomic E-state index is 0. The van der Waals surface area contributed by atoms with Crippen LogP contribution >= 0.6 is 0 Å². The molecular formula is C21H48. The van der Waals surface area contributed by atoms with Gasteiger partial charge in [-0.3, -0.25) is 0 Å². The first-order valence-electron chi connectivity index (χ1n) is 7.09. The van der Waals surface area contributed by atoms with Crippen LogP contribution in [0.3, 0.4) is 0 Å². The molecule has 132 valence electrons. The SMILES string of the molecule is C.C.C.C.CC(C)C.CCC.CCc1ccccc1CC. The maximum atomic E-state index is 2.21. The first-order chi connectivity index (χ1) is 8.03. The van der Waals surface area contributed by atoms with Gasteiger partial charge in [0.2, 0.25) is 0 Å². The summed E-state index contributed by atoms with van der Waals surface area (Å²) in [5.74, 6) is 0.833. The molecule has 0 N–H and O–H groups in total. The zero-order valence-corrected chi connectivity index (χ0v) is 13.0. The Bertz CT molecular complexity index is 222. The third-order valence-electron chi connectivity index (χ3n) is 1.88. The van der Waals surface area contributed by atoms with Crippen molar-refractivity contribution < 1.29 is 0 Å². The van der Waals surface area contributed by atoms with Crippen LogP contribution in [0.2, 0.25) is 0 Å². The number of hydrogen-bond donors (Lipinski definition) is 0. The number of aryl methyl sites for hydroxylation is 2. The average Bonchev–Trinajstić information content (AvgIpc) is 2.29. The van der Waals surface area contributed by atoms with Gasteiger partial charge in [0.25, 0.3) is 0 Å². The highest BCUT2D eigenvalue weighted by molar-refractivity contribution is 5.26. The molecule has 1 rings (SSSR count). The Labute approximate surface area is 139 Å². The standard InChI is InChI=1S/C10H14.C4H10.C3H8.4CH4/c1-3-9-7-5-6-8-10(9)4-2;1-4(2)3;1-3-2;;;;/h5-8H,3-4H2,1-2H3;4H,1-3H3;3H2,1-2H3;4*1H4. The van der Waals surface area contributed by atoms with Gasteiger partial charge in [0.1, 0.15) is 0 Å². The third-order valence-corrected chi connectivity index (χ3v) is 1.88. The number of benzene rings is 1. The molecule has 0 saturated carbocycles. The molecule has 0 aromatic heterocycles. The van der Waals surface area contributed by atoms with E-state index in [1.807, 2.05) is 0 Å². The Kier molecular flexibility index (Phi) is 48.4. The maximum Gasteiger partial charge on any atom is -0.0305 e. The van der Waals surface area contributed by atoms with E-state index in [9.17, 15) is 0 Å². The Morgan fingerprint density at radius 1 is 0.667 bits per heavy atom. The van der Waals surface area contributed by atoms with Crippen LogP contribution < -0.4 is 0 Å². The average molecular weight is 301 g/mol. The fourth-order valence-corrected chi connectivity index (χ4v) is 1.25. The molecule has 0 amide bonds. The van der Waals surface area contributed by atoms with Crippen molar-refractivity contribution in [2.24, 2.45) is 5.92 Å². The molecule has 0 aliphatic rings. The summed E-state index contributed by atoms with van der Waals surface area (Å²) in [5, 5.41) is 0. The van der Waals surface area contributed by atoms with Crippen LogP contribution in [0.1, 0.15) is 95.7 Å². The van der Waals surface area contributed by atoms with E-state index >= 15 is 0 Å². The zero-order chi connectivity index (χ0) is 13.7. The van der Waals surface area contributed by atoms with Gasteiger partial charge >= 0.3 is 0 Å². The monoisotopic (exact) mass is 300 g/mol. The van der Waals surface area contributed by atoms with Crippen molar-refractivity contribution in [1.82, 2.24) is 0 Å². The lowest BCUT2D eigenvalue weighted by Crippen LogP contribution is -1.88. The second-order valence-electron chi connectivity index (χ2n) is 4.91. The van der Waals surface area contributed by atoms with Crippen LogP contribution in [-0.4, -0.2) is 0 Å². The lowest BCUT2D eigenvalue weighted by Gasteiger charge is -2.02. The highest BCUT2D eigenvalue weighted by Crippen LogP contribution is 2.08. The lowest BCUT2D eigenvalue weighted by molar-refractivity contribution is 0.737. The summed E-state index contributed by atoms with van der Waals surface area (Å²) in [5.41, 5.74) is 2.98. The van der Waals surface area contributed by atoms with Crippen molar-refractivity contribution >= 4 is 0 Å². The van der Waals surface area contributed by atoms with Crippen LogP contribution in [0.25, 0.3) is 0 Å². The van der Waals surface area contributed by atoms with E-state index in [1.165, 1.54) is 17.5 Å². The third kappa shape index (κ3) is 28.2. The van der Waals surface area contributed by atoms with E-state index in [1.54, 1.807) is 0 Å². The van der Waals surface area contributed by atoms with Gasteiger partial charge in [-0.1, -0.05) is 109 Å². The summed E-state index contributed by atoms with van der Waals surface area (Å²) in [4.78, 5) is 0. The van der Waals surface area contributed by atoms with Gasteiger partial charge in [-0.25, -0.2) is 0 Å². The van der Waals surface area contributed by atoms with Gasteiger partial charge in [-0.15, -0.1) is 0 Å². The molecule has 0 bridgehead atoms. The summed E-state index contributed by atoms with van der Waals surface area (Å²) in [6.07, 6.45) is 3.56. The van der Waals surface area contributed by atoms with E-state index in [0.29, 0.717) is 0 Å². The molecule has 0 heteroatoms. The van der Waals surface area contributed by atoms with Gasteiger partial charge in [-0.05, 0) is 29.9 Å². The Morgan fingerprint density at radius 3 is 1.00 bits per heavy atom. The Hall–Kier alpha value is -0.780. The second kappa shape index (κ2) is 27.5. The minimum absolute atomic E-state index is 0. The molecule has 0 fully saturated rings. The highest BCUT2D eigenvalue weighted by Gasteiger charge is 1.93. The topological polar surface area (TPSA) is 0 Å². The van der Waals surface area contributed by atoms with Crippen LogP contribution in [0, 0.1) is 5.92 Å². The maximum absolute atomic E-state index is 2.21. The molecule has 0 unspecified atom stereocenters. The zero-order valence-electron chi connectivity index (χ0n) is 13.0.